The first-order valence-electron chi connectivity index (χ1n) is 6.77. The average molecular weight is 342 g/mol. The quantitative estimate of drug-likeness (QED) is 0.909. The Labute approximate surface area is 133 Å². The van der Waals surface area contributed by atoms with Gasteiger partial charge in [-0.25, -0.2) is 0 Å². The highest BCUT2D eigenvalue weighted by Gasteiger charge is 2.45. The molecule has 0 fully saturated rings. The second kappa shape index (κ2) is 5.35. The van der Waals surface area contributed by atoms with Crippen molar-refractivity contribution in [1.82, 2.24) is 0 Å². The summed E-state index contributed by atoms with van der Waals surface area (Å²) in [4.78, 5) is 0.463. The number of rotatable bonds is 2. The molecule has 0 aromatic heterocycles. The average Bonchev–Trinajstić information content (AvgIpc) is 2.85. The number of halogens is 3. The van der Waals surface area contributed by atoms with Crippen molar-refractivity contribution < 1.29 is 27.2 Å². The highest BCUT2D eigenvalue weighted by Crippen LogP contribution is 2.41. The van der Waals surface area contributed by atoms with E-state index in [1.165, 1.54) is 19.1 Å². The van der Waals surface area contributed by atoms with Crippen LogP contribution in [0.1, 0.15) is 18.1 Å². The zero-order valence-electron chi connectivity index (χ0n) is 12.0. The highest BCUT2D eigenvalue weighted by molar-refractivity contribution is 7.86. The summed E-state index contributed by atoms with van der Waals surface area (Å²) < 4.78 is 55.9. The SMILES string of the molecule is C[C@@](O)(c1ccc(C(F)(F)F)cc1)[C@@H]1Oc2ccccc2S1=O. The Kier molecular flexibility index (Phi) is 3.72. The predicted molar refractivity (Wildman–Crippen MR) is 78.3 cm³/mol. The number of alkyl halides is 3. The number of aliphatic hydroxyl groups is 1. The molecule has 0 spiro atoms. The van der Waals surface area contributed by atoms with Crippen molar-refractivity contribution in [1.29, 1.82) is 0 Å². The fraction of sp³-hybridized carbons (Fsp3) is 0.250. The summed E-state index contributed by atoms with van der Waals surface area (Å²) in [5, 5.41) is 10.7. The van der Waals surface area contributed by atoms with Crippen molar-refractivity contribution in [3.05, 3.63) is 59.7 Å². The van der Waals surface area contributed by atoms with Crippen LogP contribution in [0.3, 0.4) is 0 Å². The van der Waals surface area contributed by atoms with Gasteiger partial charge in [0.2, 0.25) is 5.44 Å². The number of benzene rings is 2. The minimum Gasteiger partial charge on any atom is -0.472 e. The van der Waals surface area contributed by atoms with Crippen molar-refractivity contribution in [2.24, 2.45) is 0 Å². The van der Waals surface area contributed by atoms with Gasteiger partial charge in [0.05, 0.1) is 10.5 Å². The summed E-state index contributed by atoms with van der Waals surface area (Å²) in [6.45, 7) is 1.38. The van der Waals surface area contributed by atoms with Gasteiger partial charge in [-0.05, 0) is 36.8 Å². The monoisotopic (exact) mass is 342 g/mol. The van der Waals surface area contributed by atoms with E-state index in [-0.39, 0.29) is 5.56 Å². The van der Waals surface area contributed by atoms with E-state index < -0.39 is 33.6 Å². The number of hydrogen-bond donors (Lipinski definition) is 1. The normalized spacial score (nSPS) is 23.0. The molecule has 7 heteroatoms. The molecule has 0 radical (unpaired) electrons. The predicted octanol–water partition coefficient (Wildman–Crippen LogP) is 3.44. The molecule has 2 aromatic rings. The maximum Gasteiger partial charge on any atom is 0.416 e. The lowest BCUT2D eigenvalue weighted by Gasteiger charge is -2.29. The lowest BCUT2D eigenvalue weighted by atomic mass is 9.95. The molecule has 3 rings (SSSR count). The van der Waals surface area contributed by atoms with E-state index in [4.69, 9.17) is 4.74 Å². The molecule has 2 aromatic carbocycles. The van der Waals surface area contributed by atoms with E-state index in [0.717, 1.165) is 12.1 Å². The van der Waals surface area contributed by atoms with Gasteiger partial charge in [-0.2, -0.15) is 13.2 Å². The second-order valence-electron chi connectivity index (χ2n) is 5.42. The van der Waals surface area contributed by atoms with Crippen LogP contribution in [0.5, 0.6) is 5.75 Å². The topological polar surface area (TPSA) is 46.5 Å². The van der Waals surface area contributed by atoms with Crippen molar-refractivity contribution in [2.45, 2.75) is 29.0 Å². The van der Waals surface area contributed by atoms with E-state index >= 15 is 0 Å². The molecule has 0 saturated carbocycles. The molecule has 1 aliphatic heterocycles. The Morgan fingerprint density at radius 3 is 2.17 bits per heavy atom. The molecule has 0 bridgehead atoms. The van der Waals surface area contributed by atoms with E-state index in [1.807, 2.05) is 0 Å². The van der Waals surface area contributed by atoms with Crippen LogP contribution in [0, 0.1) is 0 Å². The molecule has 1 unspecified atom stereocenters. The summed E-state index contributed by atoms with van der Waals surface area (Å²) in [5.41, 5.74) is -3.39. The van der Waals surface area contributed by atoms with Crippen molar-refractivity contribution >= 4 is 10.8 Å². The molecule has 1 aliphatic rings. The third kappa shape index (κ3) is 2.74. The first kappa shape index (κ1) is 16.0. The largest absolute Gasteiger partial charge is 0.472 e. The molecule has 0 aliphatic carbocycles. The molecular weight excluding hydrogens is 329 g/mol. The first-order valence-corrected chi connectivity index (χ1v) is 7.99. The van der Waals surface area contributed by atoms with Crippen LogP contribution in [-0.2, 0) is 22.6 Å². The van der Waals surface area contributed by atoms with Gasteiger partial charge in [0.25, 0.3) is 0 Å². The van der Waals surface area contributed by atoms with Crippen LogP contribution in [0.4, 0.5) is 13.2 Å². The van der Waals surface area contributed by atoms with Crippen LogP contribution in [0.15, 0.2) is 53.4 Å². The molecule has 1 N–H and O–H groups in total. The van der Waals surface area contributed by atoms with Crippen LogP contribution in [-0.4, -0.2) is 14.8 Å². The number of ether oxygens (including phenoxy) is 1. The molecular formula is C16H13F3O3S. The summed E-state index contributed by atoms with van der Waals surface area (Å²) in [7, 11) is -1.62. The maximum absolute atomic E-state index is 12.6. The Morgan fingerprint density at radius 1 is 1.04 bits per heavy atom. The Hall–Kier alpha value is -1.86. The van der Waals surface area contributed by atoms with Gasteiger partial charge in [0, 0.05) is 0 Å². The fourth-order valence-corrected chi connectivity index (χ4v) is 3.95. The summed E-state index contributed by atoms with van der Waals surface area (Å²) >= 11 is 0. The summed E-state index contributed by atoms with van der Waals surface area (Å²) in [5.74, 6) is 0.406. The summed E-state index contributed by atoms with van der Waals surface area (Å²) in [6, 6.07) is 10.8. The van der Waals surface area contributed by atoms with E-state index in [1.54, 1.807) is 24.3 Å². The minimum atomic E-state index is -4.45. The van der Waals surface area contributed by atoms with Crippen LogP contribution >= 0.6 is 0 Å². The van der Waals surface area contributed by atoms with E-state index in [2.05, 4.69) is 0 Å². The highest BCUT2D eigenvalue weighted by atomic mass is 32.2. The molecule has 122 valence electrons. The molecule has 23 heavy (non-hydrogen) atoms. The molecule has 0 amide bonds. The van der Waals surface area contributed by atoms with E-state index in [0.29, 0.717) is 10.6 Å². The van der Waals surface area contributed by atoms with Crippen molar-refractivity contribution in [3.63, 3.8) is 0 Å². The maximum atomic E-state index is 12.6. The van der Waals surface area contributed by atoms with Crippen molar-refractivity contribution in [3.8, 4) is 5.75 Å². The van der Waals surface area contributed by atoms with Gasteiger partial charge in [0.1, 0.15) is 22.2 Å². The molecule has 0 saturated heterocycles. The van der Waals surface area contributed by atoms with Gasteiger partial charge >= 0.3 is 6.18 Å². The smallest absolute Gasteiger partial charge is 0.416 e. The van der Waals surface area contributed by atoms with Gasteiger partial charge in [-0.15, -0.1) is 0 Å². The Balaban J connectivity index is 1.92. The Morgan fingerprint density at radius 2 is 1.61 bits per heavy atom. The van der Waals surface area contributed by atoms with E-state index in [9.17, 15) is 22.5 Å². The third-order valence-electron chi connectivity index (χ3n) is 3.75. The standard InChI is InChI=1S/C16H13F3O3S/c1-15(20,10-6-8-11(9-7-10)16(17,18)19)14-22-12-4-2-3-5-13(12)23(14)21/h2-9,14,20H,1H3/t14-,15-,23?/m1/s1. The van der Waals surface area contributed by atoms with Crippen molar-refractivity contribution in [2.75, 3.05) is 0 Å². The lowest BCUT2D eigenvalue weighted by molar-refractivity contribution is -0.137. The van der Waals surface area contributed by atoms with Crippen LogP contribution in [0.25, 0.3) is 0 Å². The zero-order valence-corrected chi connectivity index (χ0v) is 12.8. The minimum absolute atomic E-state index is 0.205. The number of hydrogen-bond acceptors (Lipinski definition) is 3. The lowest BCUT2D eigenvalue weighted by Crippen LogP contribution is -2.41. The number of fused-ring (bicyclic) bond motifs is 1. The fourth-order valence-electron chi connectivity index (χ4n) is 2.44. The molecule has 3 nitrogen and oxygen atoms in total. The second-order valence-corrected chi connectivity index (χ2v) is 6.88. The van der Waals surface area contributed by atoms with Crippen LogP contribution < -0.4 is 4.74 Å². The van der Waals surface area contributed by atoms with Gasteiger partial charge < -0.3 is 9.84 Å². The van der Waals surface area contributed by atoms with Crippen LogP contribution in [0.2, 0.25) is 0 Å². The third-order valence-corrected chi connectivity index (χ3v) is 5.46. The molecule has 1 heterocycles. The summed E-state index contributed by atoms with van der Waals surface area (Å²) in [6.07, 6.45) is -4.45. The zero-order chi connectivity index (χ0) is 16.8. The van der Waals surface area contributed by atoms with Gasteiger partial charge in [0.15, 0.2) is 0 Å². The first-order chi connectivity index (χ1) is 10.7. The number of para-hydroxylation sites is 1. The molecule has 3 atom stereocenters. The Bertz CT molecular complexity index is 754. The van der Waals surface area contributed by atoms with Gasteiger partial charge in [-0.1, -0.05) is 24.3 Å². The van der Waals surface area contributed by atoms with Gasteiger partial charge in [-0.3, -0.25) is 4.21 Å².